The van der Waals surface area contributed by atoms with Crippen molar-refractivity contribution in [3.8, 4) is 11.5 Å². The Balaban J connectivity index is 1.69. The van der Waals surface area contributed by atoms with Crippen LogP contribution in [-0.2, 0) is 0 Å². The molecule has 0 spiro atoms. The second-order valence-corrected chi connectivity index (χ2v) is 7.15. The monoisotopic (exact) mass is 420 g/mol. The molecule has 3 rings (SSSR count). The molecule has 2 aromatic rings. The van der Waals surface area contributed by atoms with Crippen LogP contribution in [0.2, 0.25) is 5.02 Å². The van der Waals surface area contributed by atoms with Gasteiger partial charge in [-0.25, -0.2) is 4.39 Å². The summed E-state index contributed by atoms with van der Waals surface area (Å²) in [7, 11) is 2.95. The Kier molecular flexibility index (Phi) is 6.27. The molecule has 1 aliphatic rings. The van der Waals surface area contributed by atoms with Crippen molar-refractivity contribution in [2.75, 3.05) is 40.4 Å². The largest absolute Gasteiger partial charge is 0.493 e. The van der Waals surface area contributed by atoms with Gasteiger partial charge in [-0.15, -0.1) is 0 Å². The van der Waals surface area contributed by atoms with Crippen molar-refractivity contribution in [1.29, 1.82) is 0 Å². The molecule has 8 heteroatoms. The lowest BCUT2D eigenvalue weighted by Gasteiger charge is -2.35. The van der Waals surface area contributed by atoms with Crippen LogP contribution in [0.1, 0.15) is 26.3 Å². The summed E-state index contributed by atoms with van der Waals surface area (Å²) < 4.78 is 24.2. The van der Waals surface area contributed by atoms with Crippen molar-refractivity contribution in [2.24, 2.45) is 0 Å². The van der Waals surface area contributed by atoms with Crippen molar-refractivity contribution in [1.82, 2.24) is 9.80 Å². The molecule has 0 aromatic heterocycles. The molecule has 0 N–H and O–H groups in total. The van der Waals surface area contributed by atoms with Crippen LogP contribution < -0.4 is 9.47 Å². The molecule has 6 nitrogen and oxygen atoms in total. The highest BCUT2D eigenvalue weighted by molar-refractivity contribution is 6.32. The first kappa shape index (κ1) is 20.9. The Morgan fingerprint density at radius 2 is 1.52 bits per heavy atom. The summed E-state index contributed by atoms with van der Waals surface area (Å²) in [4.78, 5) is 28.8. The highest BCUT2D eigenvalue weighted by atomic mass is 35.5. The summed E-state index contributed by atoms with van der Waals surface area (Å²) in [6.45, 7) is 3.10. The van der Waals surface area contributed by atoms with Crippen LogP contribution in [0.25, 0.3) is 0 Å². The normalized spacial score (nSPS) is 14.0. The number of aryl methyl sites for hydroxylation is 1. The fraction of sp³-hybridized carbons (Fsp3) is 0.333. The molecule has 2 aromatic carbocycles. The summed E-state index contributed by atoms with van der Waals surface area (Å²) in [5, 5.41) is 0.283. The van der Waals surface area contributed by atoms with Gasteiger partial charge in [0.1, 0.15) is 5.82 Å². The first-order valence-corrected chi connectivity index (χ1v) is 9.49. The number of hydrogen-bond acceptors (Lipinski definition) is 4. The Morgan fingerprint density at radius 1 is 0.931 bits per heavy atom. The minimum Gasteiger partial charge on any atom is -0.493 e. The quantitative estimate of drug-likeness (QED) is 0.760. The summed E-state index contributed by atoms with van der Waals surface area (Å²) in [5.74, 6) is -0.119. The van der Waals surface area contributed by atoms with Crippen LogP contribution in [0.3, 0.4) is 0 Å². The highest BCUT2D eigenvalue weighted by Gasteiger charge is 2.27. The number of hydrogen-bond donors (Lipinski definition) is 0. The number of benzene rings is 2. The van der Waals surface area contributed by atoms with E-state index in [0.717, 1.165) is 0 Å². The summed E-state index contributed by atoms with van der Waals surface area (Å²) in [6.07, 6.45) is 0. The number of carbonyl (C=O) groups is 2. The molecule has 1 saturated heterocycles. The average molecular weight is 421 g/mol. The van der Waals surface area contributed by atoms with E-state index in [9.17, 15) is 14.0 Å². The van der Waals surface area contributed by atoms with E-state index in [1.165, 1.54) is 26.4 Å². The Labute approximate surface area is 173 Å². The maximum Gasteiger partial charge on any atom is 0.254 e. The molecule has 0 bridgehead atoms. The lowest BCUT2D eigenvalue weighted by molar-refractivity contribution is 0.0535. The smallest absolute Gasteiger partial charge is 0.254 e. The Bertz CT molecular complexity index is 943. The standard InChI is InChI=1S/C21H22ClFN2O4/c1-13-4-5-14(11-17(13)23)20(26)24-6-8-25(9-7-24)21(27)15-10-16(22)19(29-3)18(12-15)28-2/h4-5,10-12H,6-9H2,1-3H3. The highest BCUT2D eigenvalue weighted by Crippen LogP contribution is 2.36. The van der Waals surface area contributed by atoms with Gasteiger partial charge in [-0.05, 0) is 36.8 Å². The van der Waals surface area contributed by atoms with E-state index in [2.05, 4.69) is 0 Å². The van der Waals surface area contributed by atoms with Crippen molar-refractivity contribution >= 4 is 23.4 Å². The van der Waals surface area contributed by atoms with E-state index < -0.39 is 5.82 Å². The van der Waals surface area contributed by atoms with Crippen molar-refractivity contribution < 1.29 is 23.5 Å². The van der Waals surface area contributed by atoms with E-state index in [4.69, 9.17) is 21.1 Å². The van der Waals surface area contributed by atoms with Crippen LogP contribution in [0.4, 0.5) is 4.39 Å². The molecule has 1 fully saturated rings. The summed E-state index contributed by atoms with van der Waals surface area (Å²) in [5.41, 5.74) is 1.18. The molecule has 0 atom stereocenters. The molecule has 2 amide bonds. The summed E-state index contributed by atoms with van der Waals surface area (Å²) in [6, 6.07) is 7.57. The maximum absolute atomic E-state index is 13.8. The lowest BCUT2D eigenvalue weighted by atomic mass is 10.1. The zero-order chi connectivity index (χ0) is 21.1. The van der Waals surface area contributed by atoms with E-state index in [-0.39, 0.29) is 16.8 Å². The van der Waals surface area contributed by atoms with Crippen LogP contribution >= 0.6 is 11.6 Å². The van der Waals surface area contributed by atoms with Crippen LogP contribution in [0.15, 0.2) is 30.3 Å². The molecular weight excluding hydrogens is 399 g/mol. The molecule has 0 aliphatic carbocycles. The van der Waals surface area contributed by atoms with Gasteiger partial charge in [0.2, 0.25) is 0 Å². The van der Waals surface area contributed by atoms with Crippen LogP contribution in [-0.4, -0.2) is 62.0 Å². The van der Waals surface area contributed by atoms with Gasteiger partial charge in [0, 0.05) is 37.3 Å². The molecule has 0 unspecified atom stereocenters. The summed E-state index contributed by atoms with van der Waals surface area (Å²) >= 11 is 6.19. The fourth-order valence-electron chi connectivity index (χ4n) is 3.25. The molecular formula is C21H22ClFN2O4. The fourth-order valence-corrected chi connectivity index (χ4v) is 3.53. The maximum atomic E-state index is 13.8. The first-order valence-electron chi connectivity index (χ1n) is 9.12. The molecule has 154 valence electrons. The number of nitrogens with zero attached hydrogens (tertiary/aromatic N) is 2. The van der Waals surface area contributed by atoms with E-state index >= 15 is 0 Å². The Hall–Kier alpha value is -2.80. The predicted octanol–water partition coefficient (Wildman–Crippen LogP) is 3.40. The number of piperazine rings is 1. The zero-order valence-corrected chi connectivity index (χ0v) is 17.3. The van der Waals surface area contributed by atoms with Gasteiger partial charge in [-0.1, -0.05) is 17.7 Å². The molecule has 1 aliphatic heterocycles. The third-order valence-electron chi connectivity index (χ3n) is 4.95. The van der Waals surface area contributed by atoms with E-state index in [1.807, 2.05) is 0 Å². The third-order valence-corrected chi connectivity index (χ3v) is 5.23. The number of amides is 2. The van der Waals surface area contributed by atoms with Crippen molar-refractivity contribution in [3.05, 3.63) is 57.9 Å². The number of halogens is 2. The second-order valence-electron chi connectivity index (χ2n) is 6.74. The van der Waals surface area contributed by atoms with Crippen molar-refractivity contribution in [3.63, 3.8) is 0 Å². The zero-order valence-electron chi connectivity index (χ0n) is 16.5. The third kappa shape index (κ3) is 4.29. The molecule has 1 heterocycles. The van der Waals surface area contributed by atoms with E-state index in [1.54, 1.807) is 34.9 Å². The van der Waals surface area contributed by atoms with Crippen LogP contribution in [0, 0.1) is 12.7 Å². The number of ether oxygens (including phenoxy) is 2. The minimum atomic E-state index is -0.407. The molecule has 0 radical (unpaired) electrons. The topological polar surface area (TPSA) is 59.1 Å². The molecule has 0 saturated carbocycles. The van der Waals surface area contributed by atoms with E-state index in [0.29, 0.717) is 54.4 Å². The minimum absolute atomic E-state index is 0.207. The predicted molar refractivity (Wildman–Crippen MR) is 108 cm³/mol. The number of carbonyl (C=O) groups excluding carboxylic acids is 2. The lowest BCUT2D eigenvalue weighted by Crippen LogP contribution is -2.50. The first-order chi connectivity index (χ1) is 13.8. The van der Waals surface area contributed by atoms with Gasteiger partial charge in [-0.3, -0.25) is 9.59 Å². The van der Waals surface area contributed by atoms with Gasteiger partial charge < -0.3 is 19.3 Å². The number of rotatable bonds is 4. The van der Waals surface area contributed by atoms with Gasteiger partial charge in [0.05, 0.1) is 19.2 Å². The molecule has 29 heavy (non-hydrogen) atoms. The number of methoxy groups -OCH3 is 2. The van der Waals surface area contributed by atoms with Gasteiger partial charge >= 0.3 is 0 Å². The van der Waals surface area contributed by atoms with Gasteiger partial charge in [-0.2, -0.15) is 0 Å². The van der Waals surface area contributed by atoms with Crippen molar-refractivity contribution in [2.45, 2.75) is 6.92 Å². The SMILES string of the molecule is COc1cc(C(=O)N2CCN(C(=O)c3ccc(C)c(F)c3)CC2)cc(Cl)c1OC. The second kappa shape index (κ2) is 8.69. The average Bonchev–Trinajstić information content (AvgIpc) is 2.74. The van der Waals surface area contributed by atoms with Gasteiger partial charge in [0.25, 0.3) is 11.8 Å². The Morgan fingerprint density at radius 3 is 2.03 bits per heavy atom. The van der Waals surface area contributed by atoms with Gasteiger partial charge in [0.15, 0.2) is 11.5 Å². The van der Waals surface area contributed by atoms with Crippen LogP contribution in [0.5, 0.6) is 11.5 Å².